The number of carbonyl (C=O) groups excluding carboxylic acids is 2. The molecule has 0 saturated carbocycles. The number of cyclic esters (lactones) is 1. The Balaban J connectivity index is 1.79. The Morgan fingerprint density at radius 3 is 2.64 bits per heavy atom. The summed E-state index contributed by atoms with van der Waals surface area (Å²) >= 11 is 0. The molecule has 120 valence electrons. The van der Waals surface area contributed by atoms with Gasteiger partial charge < -0.3 is 10.1 Å². The van der Waals surface area contributed by atoms with Crippen LogP contribution in [0.4, 0.5) is 10.5 Å². The molecule has 22 heavy (non-hydrogen) atoms. The van der Waals surface area contributed by atoms with E-state index in [1.807, 2.05) is 44.2 Å². The summed E-state index contributed by atoms with van der Waals surface area (Å²) in [6.07, 6.45) is 1.85. The lowest BCUT2D eigenvalue weighted by molar-refractivity contribution is -0.125. The molecule has 0 aromatic heterocycles. The van der Waals surface area contributed by atoms with Crippen LogP contribution in [-0.4, -0.2) is 31.2 Å². The molecule has 0 bridgehead atoms. The molecule has 1 aromatic rings. The second kappa shape index (κ2) is 7.82. The van der Waals surface area contributed by atoms with Crippen LogP contribution in [0.25, 0.3) is 0 Å². The number of rotatable bonds is 7. The van der Waals surface area contributed by atoms with Crippen molar-refractivity contribution in [2.45, 2.75) is 39.2 Å². The van der Waals surface area contributed by atoms with E-state index in [0.717, 1.165) is 18.5 Å². The van der Waals surface area contributed by atoms with Crippen LogP contribution in [0.1, 0.15) is 33.1 Å². The maximum atomic E-state index is 11.9. The molecule has 2 amide bonds. The molecule has 1 N–H and O–H groups in total. The average molecular weight is 304 g/mol. The number of nitrogens with one attached hydrogen (secondary N) is 1. The van der Waals surface area contributed by atoms with Crippen molar-refractivity contribution in [1.82, 2.24) is 5.32 Å². The maximum Gasteiger partial charge on any atom is 0.414 e. The normalized spacial score (nSPS) is 17.7. The first-order valence-electron chi connectivity index (χ1n) is 7.96. The van der Waals surface area contributed by atoms with E-state index in [1.54, 1.807) is 4.90 Å². The second-order valence-corrected chi connectivity index (χ2v) is 5.55. The highest BCUT2D eigenvalue weighted by Gasteiger charge is 2.31. The molecular weight excluding hydrogens is 280 g/mol. The molecule has 2 rings (SSSR count). The van der Waals surface area contributed by atoms with Gasteiger partial charge in [0.2, 0.25) is 5.91 Å². The summed E-state index contributed by atoms with van der Waals surface area (Å²) in [4.78, 5) is 25.4. The Labute approximate surface area is 131 Å². The van der Waals surface area contributed by atoms with Crippen LogP contribution in [0.2, 0.25) is 0 Å². The fourth-order valence-electron chi connectivity index (χ4n) is 2.65. The first-order valence-corrected chi connectivity index (χ1v) is 7.96. The second-order valence-electron chi connectivity index (χ2n) is 5.55. The predicted octanol–water partition coefficient (Wildman–Crippen LogP) is 2.95. The van der Waals surface area contributed by atoms with Gasteiger partial charge in [0.05, 0.1) is 6.54 Å². The number of hydrogen-bond donors (Lipinski definition) is 1. The smallest absolute Gasteiger partial charge is 0.414 e. The van der Waals surface area contributed by atoms with Crippen molar-refractivity contribution in [2.24, 2.45) is 5.92 Å². The molecule has 0 radical (unpaired) electrons. The van der Waals surface area contributed by atoms with Crippen LogP contribution in [0.15, 0.2) is 30.3 Å². The van der Waals surface area contributed by atoms with Gasteiger partial charge in [0.15, 0.2) is 0 Å². The van der Waals surface area contributed by atoms with E-state index in [-0.39, 0.29) is 24.0 Å². The van der Waals surface area contributed by atoms with Crippen LogP contribution in [-0.2, 0) is 9.53 Å². The van der Waals surface area contributed by atoms with Gasteiger partial charge in [0.1, 0.15) is 6.10 Å². The van der Waals surface area contributed by atoms with Crippen LogP contribution < -0.4 is 10.2 Å². The monoisotopic (exact) mass is 304 g/mol. The van der Waals surface area contributed by atoms with Gasteiger partial charge in [-0.05, 0) is 25.0 Å². The topological polar surface area (TPSA) is 58.6 Å². The largest absolute Gasteiger partial charge is 0.444 e. The summed E-state index contributed by atoms with van der Waals surface area (Å²) < 4.78 is 5.36. The zero-order valence-electron chi connectivity index (χ0n) is 13.2. The molecule has 0 spiro atoms. The third-order valence-corrected chi connectivity index (χ3v) is 4.06. The number of para-hydroxylation sites is 1. The number of amides is 2. The molecule has 1 aliphatic heterocycles. The van der Waals surface area contributed by atoms with Crippen molar-refractivity contribution in [3.8, 4) is 0 Å². The Morgan fingerprint density at radius 2 is 2.00 bits per heavy atom. The van der Waals surface area contributed by atoms with Gasteiger partial charge in [-0.25, -0.2) is 4.79 Å². The molecule has 1 atom stereocenters. The fourth-order valence-corrected chi connectivity index (χ4v) is 2.65. The number of carbonyl (C=O) groups is 2. The van der Waals surface area contributed by atoms with Crippen molar-refractivity contribution >= 4 is 17.7 Å². The summed E-state index contributed by atoms with van der Waals surface area (Å²) in [5.41, 5.74) is 0.844. The number of hydrogen-bond acceptors (Lipinski definition) is 3. The maximum absolute atomic E-state index is 11.9. The zero-order chi connectivity index (χ0) is 15.9. The van der Waals surface area contributed by atoms with Crippen molar-refractivity contribution < 1.29 is 14.3 Å². The molecule has 1 saturated heterocycles. The van der Waals surface area contributed by atoms with Crippen molar-refractivity contribution in [2.75, 3.05) is 18.0 Å². The first-order chi connectivity index (χ1) is 10.7. The number of ether oxygens (including phenoxy) is 1. The van der Waals surface area contributed by atoms with Gasteiger partial charge >= 0.3 is 6.09 Å². The minimum atomic E-state index is -0.317. The molecule has 0 aliphatic carbocycles. The molecule has 1 heterocycles. The predicted molar refractivity (Wildman–Crippen MR) is 85.8 cm³/mol. The average Bonchev–Trinajstić information content (AvgIpc) is 2.90. The number of benzene rings is 1. The molecule has 5 heteroatoms. The van der Waals surface area contributed by atoms with Crippen molar-refractivity contribution in [3.05, 3.63) is 30.3 Å². The van der Waals surface area contributed by atoms with Crippen molar-refractivity contribution in [1.29, 1.82) is 0 Å². The molecular formula is C17H24N2O3. The van der Waals surface area contributed by atoms with Gasteiger partial charge in [-0.15, -0.1) is 0 Å². The van der Waals surface area contributed by atoms with E-state index in [1.165, 1.54) is 0 Å². The standard InChI is InChI=1S/C17H24N2O3/c1-3-13(4-2)16(20)18-11-10-15-12-19(17(21)22-15)14-8-6-5-7-9-14/h5-9,13,15H,3-4,10-12H2,1-2H3,(H,18,20). The van der Waals surface area contributed by atoms with Gasteiger partial charge in [-0.3, -0.25) is 9.69 Å². The quantitative estimate of drug-likeness (QED) is 0.842. The summed E-state index contributed by atoms with van der Waals surface area (Å²) in [6, 6.07) is 9.48. The SMILES string of the molecule is CCC(CC)C(=O)NCCC1CN(c2ccccc2)C(=O)O1. The van der Waals surface area contributed by atoms with E-state index in [0.29, 0.717) is 19.5 Å². The van der Waals surface area contributed by atoms with Gasteiger partial charge in [0, 0.05) is 24.6 Å². The van der Waals surface area contributed by atoms with Gasteiger partial charge in [-0.2, -0.15) is 0 Å². The third kappa shape index (κ3) is 4.00. The Bertz CT molecular complexity index is 500. The van der Waals surface area contributed by atoms with Crippen LogP contribution in [0.3, 0.4) is 0 Å². The minimum absolute atomic E-state index is 0.0759. The van der Waals surface area contributed by atoms with E-state index in [4.69, 9.17) is 4.74 Å². The Hall–Kier alpha value is -2.04. The molecule has 1 unspecified atom stereocenters. The molecule has 1 aromatic carbocycles. The fraction of sp³-hybridized carbons (Fsp3) is 0.529. The lowest BCUT2D eigenvalue weighted by Crippen LogP contribution is -2.33. The summed E-state index contributed by atoms with van der Waals surface area (Å²) in [5.74, 6) is 0.168. The summed E-state index contributed by atoms with van der Waals surface area (Å²) in [7, 11) is 0. The highest BCUT2D eigenvalue weighted by atomic mass is 16.6. The highest BCUT2D eigenvalue weighted by Crippen LogP contribution is 2.22. The van der Waals surface area contributed by atoms with E-state index >= 15 is 0 Å². The molecule has 5 nitrogen and oxygen atoms in total. The Kier molecular flexibility index (Phi) is 5.81. The molecule has 1 aliphatic rings. The third-order valence-electron chi connectivity index (χ3n) is 4.06. The number of nitrogens with zero attached hydrogens (tertiary/aromatic N) is 1. The van der Waals surface area contributed by atoms with Gasteiger partial charge in [-0.1, -0.05) is 32.0 Å². The molecule has 1 fully saturated rings. The zero-order valence-corrected chi connectivity index (χ0v) is 13.2. The summed E-state index contributed by atoms with van der Waals surface area (Å²) in [6.45, 7) is 5.11. The van der Waals surface area contributed by atoms with Crippen LogP contribution in [0, 0.1) is 5.92 Å². The minimum Gasteiger partial charge on any atom is -0.444 e. The van der Waals surface area contributed by atoms with E-state index in [2.05, 4.69) is 5.32 Å². The lowest BCUT2D eigenvalue weighted by atomic mass is 10.0. The summed E-state index contributed by atoms with van der Waals surface area (Å²) in [5, 5.41) is 2.93. The lowest BCUT2D eigenvalue weighted by Gasteiger charge is -2.14. The number of anilines is 1. The Morgan fingerprint density at radius 1 is 1.32 bits per heavy atom. The van der Waals surface area contributed by atoms with Gasteiger partial charge in [0.25, 0.3) is 0 Å². The van der Waals surface area contributed by atoms with Crippen molar-refractivity contribution in [3.63, 3.8) is 0 Å². The highest BCUT2D eigenvalue weighted by molar-refractivity contribution is 5.89. The van der Waals surface area contributed by atoms with Crippen LogP contribution in [0.5, 0.6) is 0 Å². The van der Waals surface area contributed by atoms with Crippen LogP contribution >= 0.6 is 0 Å². The van der Waals surface area contributed by atoms with E-state index in [9.17, 15) is 9.59 Å². The first kappa shape index (κ1) is 16.3. The van der Waals surface area contributed by atoms with E-state index < -0.39 is 0 Å².